The number of fused-ring (bicyclic) bond motifs is 1. The van der Waals surface area contributed by atoms with E-state index < -0.39 is 22.5 Å². The van der Waals surface area contributed by atoms with Gasteiger partial charge in [0.25, 0.3) is 5.56 Å². The lowest BCUT2D eigenvalue weighted by Crippen LogP contribution is -2.28. The van der Waals surface area contributed by atoms with Gasteiger partial charge in [0, 0.05) is 23.2 Å². The third kappa shape index (κ3) is 3.27. The standard InChI is InChI=1S/C23H20ClFN2O3/c1-12-11-30-17-9-13(5-6-14(12)17)19-20(24)15(23(2,3)4)10-16(21(19)25)27-8-7-18(28)26-22(27)29/h5-11H,1-4H3,(H,26,28,29). The van der Waals surface area contributed by atoms with E-state index in [-0.39, 0.29) is 16.3 Å². The first kappa shape index (κ1) is 20.2. The van der Waals surface area contributed by atoms with E-state index in [1.807, 2.05) is 33.8 Å². The Labute approximate surface area is 176 Å². The highest BCUT2D eigenvalue weighted by atomic mass is 35.5. The Kier molecular flexibility index (Phi) is 4.70. The summed E-state index contributed by atoms with van der Waals surface area (Å²) in [4.78, 5) is 26.0. The minimum Gasteiger partial charge on any atom is -0.464 e. The van der Waals surface area contributed by atoms with Crippen LogP contribution in [0.4, 0.5) is 4.39 Å². The number of benzene rings is 2. The molecule has 0 unspecified atom stereocenters. The van der Waals surface area contributed by atoms with Crippen molar-refractivity contribution < 1.29 is 8.81 Å². The van der Waals surface area contributed by atoms with Crippen LogP contribution in [0.5, 0.6) is 0 Å². The maximum atomic E-state index is 15.8. The van der Waals surface area contributed by atoms with Crippen molar-refractivity contribution in [2.24, 2.45) is 0 Å². The Balaban J connectivity index is 2.08. The summed E-state index contributed by atoms with van der Waals surface area (Å²) in [5.74, 6) is -0.662. The van der Waals surface area contributed by atoms with Crippen LogP contribution in [0, 0.1) is 12.7 Å². The van der Waals surface area contributed by atoms with Gasteiger partial charge in [-0.3, -0.25) is 14.3 Å². The van der Waals surface area contributed by atoms with Crippen LogP contribution in [0.2, 0.25) is 5.02 Å². The molecule has 2 heterocycles. The average molecular weight is 427 g/mol. The highest BCUT2D eigenvalue weighted by molar-refractivity contribution is 6.34. The van der Waals surface area contributed by atoms with E-state index in [1.54, 1.807) is 24.5 Å². The van der Waals surface area contributed by atoms with Crippen molar-refractivity contribution >= 4 is 22.6 Å². The normalized spacial score (nSPS) is 11.9. The fourth-order valence-electron chi connectivity index (χ4n) is 3.52. The molecule has 0 amide bonds. The molecule has 154 valence electrons. The fraction of sp³-hybridized carbons (Fsp3) is 0.217. The Morgan fingerprint density at radius 2 is 1.87 bits per heavy atom. The van der Waals surface area contributed by atoms with Gasteiger partial charge in [0.2, 0.25) is 0 Å². The van der Waals surface area contributed by atoms with Gasteiger partial charge in [-0.05, 0) is 41.2 Å². The number of rotatable bonds is 2. The van der Waals surface area contributed by atoms with Crippen molar-refractivity contribution in [3.63, 3.8) is 0 Å². The first-order valence-electron chi connectivity index (χ1n) is 9.41. The van der Waals surface area contributed by atoms with Crippen LogP contribution >= 0.6 is 11.6 Å². The number of aryl methyl sites for hydroxylation is 1. The number of aromatic nitrogens is 2. The van der Waals surface area contributed by atoms with Crippen LogP contribution in [0.3, 0.4) is 0 Å². The third-order valence-corrected chi connectivity index (χ3v) is 5.52. The number of hydrogen-bond donors (Lipinski definition) is 1. The molecule has 0 atom stereocenters. The molecule has 2 aromatic carbocycles. The summed E-state index contributed by atoms with van der Waals surface area (Å²) in [6.45, 7) is 7.79. The second kappa shape index (κ2) is 6.99. The van der Waals surface area contributed by atoms with E-state index in [4.69, 9.17) is 16.0 Å². The van der Waals surface area contributed by atoms with Crippen molar-refractivity contribution in [1.82, 2.24) is 9.55 Å². The van der Waals surface area contributed by atoms with Gasteiger partial charge in [-0.15, -0.1) is 0 Å². The molecule has 4 rings (SSSR count). The first-order valence-corrected chi connectivity index (χ1v) is 9.79. The molecule has 0 fully saturated rings. The second-order valence-electron chi connectivity index (χ2n) is 8.31. The number of hydrogen-bond acceptors (Lipinski definition) is 3. The van der Waals surface area contributed by atoms with Crippen LogP contribution in [0.15, 0.2) is 56.8 Å². The molecule has 0 radical (unpaired) electrons. The molecular formula is C23H20ClFN2O3. The predicted molar refractivity (Wildman–Crippen MR) is 116 cm³/mol. The number of furan rings is 1. The van der Waals surface area contributed by atoms with Gasteiger partial charge in [-0.2, -0.15) is 0 Å². The molecule has 30 heavy (non-hydrogen) atoms. The smallest absolute Gasteiger partial charge is 0.333 e. The summed E-state index contributed by atoms with van der Waals surface area (Å²) in [5, 5.41) is 1.20. The average Bonchev–Trinajstić information content (AvgIpc) is 3.02. The minimum absolute atomic E-state index is 0.0105. The maximum absolute atomic E-state index is 15.8. The lowest BCUT2D eigenvalue weighted by atomic mass is 9.84. The van der Waals surface area contributed by atoms with Gasteiger partial charge >= 0.3 is 5.69 Å². The highest BCUT2D eigenvalue weighted by Crippen LogP contribution is 2.42. The Morgan fingerprint density at radius 1 is 1.13 bits per heavy atom. The quantitative estimate of drug-likeness (QED) is 0.470. The number of nitrogens with zero attached hydrogens (tertiary/aromatic N) is 1. The van der Waals surface area contributed by atoms with Crippen molar-refractivity contribution in [2.75, 3.05) is 0 Å². The Hall–Kier alpha value is -3.12. The van der Waals surface area contributed by atoms with Gasteiger partial charge in [0.05, 0.1) is 17.0 Å². The largest absolute Gasteiger partial charge is 0.464 e. The van der Waals surface area contributed by atoms with Gasteiger partial charge in [-0.25, -0.2) is 9.18 Å². The SMILES string of the molecule is Cc1coc2cc(-c3c(F)c(-n4ccc(=O)[nH]c4=O)cc(C(C)(C)C)c3Cl)ccc12. The predicted octanol–water partition coefficient (Wildman–Crippen LogP) is 5.34. The summed E-state index contributed by atoms with van der Waals surface area (Å²) in [6.07, 6.45) is 2.89. The van der Waals surface area contributed by atoms with Gasteiger partial charge in [0.1, 0.15) is 5.58 Å². The van der Waals surface area contributed by atoms with Crippen LogP contribution < -0.4 is 11.2 Å². The van der Waals surface area contributed by atoms with Gasteiger partial charge < -0.3 is 4.42 Å². The van der Waals surface area contributed by atoms with Crippen molar-refractivity contribution in [3.8, 4) is 16.8 Å². The lowest BCUT2D eigenvalue weighted by molar-refractivity contribution is 0.580. The molecule has 0 saturated heterocycles. The second-order valence-corrected chi connectivity index (χ2v) is 8.68. The minimum atomic E-state index is -0.730. The van der Waals surface area contributed by atoms with Crippen LogP contribution in [0.1, 0.15) is 31.9 Å². The van der Waals surface area contributed by atoms with Crippen LogP contribution in [-0.2, 0) is 5.41 Å². The summed E-state index contributed by atoms with van der Waals surface area (Å²) in [6, 6.07) is 8.09. The van der Waals surface area contributed by atoms with Crippen LogP contribution in [0.25, 0.3) is 27.8 Å². The summed E-state index contributed by atoms with van der Waals surface area (Å²) in [5.41, 5.74) is 1.27. The van der Waals surface area contributed by atoms with Gasteiger partial charge in [0.15, 0.2) is 5.82 Å². The van der Waals surface area contributed by atoms with Crippen molar-refractivity contribution in [1.29, 1.82) is 0 Å². The molecule has 2 aromatic heterocycles. The fourth-order valence-corrected chi connectivity index (χ4v) is 4.05. The maximum Gasteiger partial charge on any atom is 0.333 e. The molecule has 1 N–H and O–H groups in total. The Bertz CT molecular complexity index is 1410. The van der Waals surface area contributed by atoms with E-state index in [0.29, 0.717) is 16.7 Å². The van der Waals surface area contributed by atoms with E-state index in [1.165, 1.54) is 12.3 Å². The third-order valence-electron chi connectivity index (χ3n) is 5.13. The molecule has 7 heteroatoms. The van der Waals surface area contributed by atoms with Crippen LogP contribution in [-0.4, -0.2) is 9.55 Å². The van der Waals surface area contributed by atoms with E-state index in [9.17, 15) is 9.59 Å². The summed E-state index contributed by atoms with van der Waals surface area (Å²) >= 11 is 6.70. The van der Waals surface area contributed by atoms with Crippen molar-refractivity contribution in [2.45, 2.75) is 33.1 Å². The zero-order chi connectivity index (χ0) is 21.8. The summed E-state index contributed by atoms with van der Waals surface area (Å²) in [7, 11) is 0. The Morgan fingerprint density at radius 3 is 2.53 bits per heavy atom. The monoisotopic (exact) mass is 426 g/mol. The van der Waals surface area contributed by atoms with Gasteiger partial charge in [-0.1, -0.05) is 44.5 Å². The molecule has 5 nitrogen and oxygen atoms in total. The molecule has 4 aromatic rings. The molecular weight excluding hydrogens is 407 g/mol. The molecule has 0 bridgehead atoms. The number of H-pyrrole nitrogens is 1. The number of halogens is 2. The summed E-state index contributed by atoms with van der Waals surface area (Å²) < 4.78 is 22.4. The van der Waals surface area contributed by atoms with E-state index in [2.05, 4.69) is 4.98 Å². The van der Waals surface area contributed by atoms with E-state index >= 15 is 4.39 Å². The number of nitrogens with one attached hydrogen (secondary N) is 1. The molecule has 0 aliphatic carbocycles. The molecule has 0 saturated carbocycles. The van der Waals surface area contributed by atoms with Crippen molar-refractivity contribution in [3.05, 3.63) is 85.6 Å². The highest BCUT2D eigenvalue weighted by Gasteiger charge is 2.26. The topological polar surface area (TPSA) is 68.0 Å². The lowest BCUT2D eigenvalue weighted by Gasteiger charge is -2.24. The molecule has 0 spiro atoms. The first-order chi connectivity index (χ1) is 14.1. The zero-order valence-electron chi connectivity index (χ0n) is 17.0. The molecule has 0 aliphatic heterocycles. The zero-order valence-corrected chi connectivity index (χ0v) is 17.7. The van der Waals surface area contributed by atoms with E-state index in [0.717, 1.165) is 15.5 Å². The molecule has 0 aliphatic rings. The number of aromatic amines is 1.